The smallest absolute Gasteiger partial charge is 0.0291 e. The van der Waals surface area contributed by atoms with Crippen molar-refractivity contribution in [1.82, 2.24) is 0 Å². The van der Waals surface area contributed by atoms with Gasteiger partial charge in [0.2, 0.25) is 0 Å². The van der Waals surface area contributed by atoms with E-state index in [2.05, 4.69) is 0 Å². The van der Waals surface area contributed by atoms with Crippen LogP contribution in [0, 0.1) is 13.0 Å². The summed E-state index contributed by atoms with van der Waals surface area (Å²) in [5, 5.41) is 0. The van der Waals surface area contributed by atoms with E-state index in [1.165, 1.54) is 0 Å². The largest absolute Gasteiger partial charge is 0.0731 e. The summed E-state index contributed by atoms with van der Waals surface area (Å²) in [6.45, 7) is 9.20. The number of hydrogen-bond acceptors (Lipinski definition) is 0. The summed E-state index contributed by atoms with van der Waals surface area (Å²) in [5.41, 5.74) is 0.984. The molecule has 34 valence electrons. The van der Waals surface area contributed by atoms with Gasteiger partial charge in [0.15, 0.2) is 0 Å². The van der Waals surface area contributed by atoms with Crippen LogP contribution in [0.25, 0.3) is 0 Å². The van der Waals surface area contributed by atoms with Crippen LogP contribution in [-0.2, 0) is 0 Å². The fourth-order valence-corrected chi connectivity index (χ4v) is 0.322. The summed E-state index contributed by atoms with van der Waals surface area (Å²) in [6, 6.07) is 0. The maximum atomic E-state index is 5.29. The van der Waals surface area contributed by atoms with Crippen LogP contribution in [0.2, 0.25) is 0 Å². The van der Waals surface area contributed by atoms with Crippen LogP contribution >= 0.6 is 0 Å². The van der Waals surface area contributed by atoms with Crippen LogP contribution in [0.1, 0.15) is 20.3 Å². The van der Waals surface area contributed by atoms with E-state index >= 15 is 0 Å². The SMILES string of the molecule is [CH]=C(C)C[CH]C. The Labute approximate surface area is 39.9 Å². The minimum absolute atomic E-state index is 0.944. The molecule has 0 bridgehead atoms. The molecule has 0 spiro atoms. The predicted molar refractivity (Wildman–Crippen MR) is 28.1 cm³/mol. The van der Waals surface area contributed by atoms with Crippen LogP contribution in [-0.4, -0.2) is 0 Å². The van der Waals surface area contributed by atoms with E-state index in [4.69, 9.17) is 6.58 Å². The molecule has 0 rings (SSSR count). The Balaban J connectivity index is 2.83. The first-order chi connectivity index (χ1) is 2.77. The molecule has 0 saturated carbocycles. The fourth-order valence-electron chi connectivity index (χ4n) is 0.322. The van der Waals surface area contributed by atoms with E-state index in [1.807, 2.05) is 20.3 Å². The topological polar surface area (TPSA) is 0 Å². The Bertz CT molecular complexity index is 44.0. The van der Waals surface area contributed by atoms with Gasteiger partial charge in [0.25, 0.3) is 0 Å². The van der Waals surface area contributed by atoms with Gasteiger partial charge in [-0.3, -0.25) is 0 Å². The van der Waals surface area contributed by atoms with E-state index in [1.54, 1.807) is 0 Å². The molecule has 0 nitrogen and oxygen atoms in total. The average molecular weight is 82.1 g/mol. The Hall–Kier alpha value is -0.260. The standard InChI is InChI=1S/C6H10/c1-4-5-6(2)3/h2,4H,5H2,1,3H3. The van der Waals surface area contributed by atoms with Crippen molar-refractivity contribution in [3.63, 3.8) is 0 Å². The molecular weight excluding hydrogens is 72.1 g/mol. The average Bonchev–Trinajstić information content (AvgIpc) is 1.35. The van der Waals surface area contributed by atoms with Gasteiger partial charge in [0.1, 0.15) is 0 Å². The van der Waals surface area contributed by atoms with Crippen molar-refractivity contribution in [2.24, 2.45) is 0 Å². The summed E-state index contributed by atoms with van der Waals surface area (Å²) < 4.78 is 0. The first-order valence-electron chi connectivity index (χ1n) is 2.13. The van der Waals surface area contributed by atoms with Gasteiger partial charge >= 0.3 is 0 Å². The van der Waals surface area contributed by atoms with Gasteiger partial charge in [-0.2, -0.15) is 0 Å². The minimum Gasteiger partial charge on any atom is -0.0731 e. The van der Waals surface area contributed by atoms with Crippen LogP contribution in [0.3, 0.4) is 0 Å². The van der Waals surface area contributed by atoms with Crippen LogP contribution in [0.15, 0.2) is 5.57 Å². The molecule has 0 amide bonds. The predicted octanol–water partition coefficient (Wildman–Crippen LogP) is 1.98. The van der Waals surface area contributed by atoms with Crippen molar-refractivity contribution in [3.05, 3.63) is 18.6 Å². The third-order valence-electron chi connectivity index (χ3n) is 0.526. The molecular formula is C6H10. The molecule has 0 saturated heterocycles. The molecule has 6 heavy (non-hydrogen) atoms. The first-order valence-corrected chi connectivity index (χ1v) is 2.13. The molecule has 0 aromatic heterocycles. The molecule has 0 unspecified atom stereocenters. The van der Waals surface area contributed by atoms with Crippen molar-refractivity contribution in [3.8, 4) is 0 Å². The van der Waals surface area contributed by atoms with Crippen LogP contribution in [0.5, 0.6) is 0 Å². The Kier molecular flexibility index (Phi) is 2.82. The van der Waals surface area contributed by atoms with Gasteiger partial charge in [-0.05, 0) is 19.8 Å². The van der Waals surface area contributed by atoms with E-state index in [0.717, 1.165) is 12.0 Å². The first kappa shape index (κ1) is 5.74. The highest BCUT2D eigenvalue weighted by atomic mass is 13.8. The zero-order valence-electron chi connectivity index (χ0n) is 4.36. The molecule has 2 radical (unpaired) electrons. The van der Waals surface area contributed by atoms with Crippen LogP contribution in [0.4, 0.5) is 0 Å². The lowest BCUT2D eigenvalue weighted by Crippen LogP contribution is -1.68. The van der Waals surface area contributed by atoms with E-state index in [0.29, 0.717) is 0 Å². The number of hydrogen-bond donors (Lipinski definition) is 0. The molecule has 0 atom stereocenters. The third-order valence-corrected chi connectivity index (χ3v) is 0.526. The van der Waals surface area contributed by atoms with Crippen molar-refractivity contribution in [2.75, 3.05) is 0 Å². The molecule has 0 fully saturated rings. The molecule has 0 heteroatoms. The summed E-state index contributed by atoms with van der Waals surface area (Å²) in [5.74, 6) is 0. The van der Waals surface area contributed by atoms with Crippen molar-refractivity contribution >= 4 is 0 Å². The summed E-state index contributed by atoms with van der Waals surface area (Å²) in [4.78, 5) is 0. The van der Waals surface area contributed by atoms with Gasteiger partial charge < -0.3 is 0 Å². The summed E-state index contributed by atoms with van der Waals surface area (Å²) in [6.07, 6.45) is 2.98. The Morgan fingerprint density at radius 3 is 2.33 bits per heavy atom. The summed E-state index contributed by atoms with van der Waals surface area (Å²) >= 11 is 0. The lowest BCUT2D eigenvalue weighted by atomic mass is 10.2. The number of rotatable bonds is 2. The highest BCUT2D eigenvalue weighted by molar-refractivity contribution is 4.88. The molecule has 0 aromatic rings. The van der Waals surface area contributed by atoms with E-state index in [9.17, 15) is 0 Å². The van der Waals surface area contributed by atoms with Gasteiger partial charge in [0.05, 0.1) is 0 Å². The zero-order valence-corrected chi connectivity index (χ0v) is 4.36. The highest BCUT2D eigenvalue weighted by Gasteiger charge is 1.76. The van der Waals surface area contributed by atoms with Gasteiger partial charge in [-0.1, -0.05) is 19.1 Å². The van der Waals surface area contributed by atoms with Crippen LogP contribution < -0.4 is 0 Å². The molecule has 0 aliphatic carbocycles. The van der Waals surface area contributed by atoms with E-state index < -0.39 is 0 Å². The van der Waals surface area contributed by atoms with Gasteiger partial charge in [-0.25, -0.2) is 0 Å². The second-order valence-corrected chi connectivity index (χ2v) is 1.46. The zero-order chi connectivity index (χ0) is 4.99. The van der Waals surface area contributed by atoms with E-state index in [-0.39, 0.29) is 0 Å². The fraction of sp³-hybridized carbons (Fsp3) is 0.500. The monoisotopic (exact) mass is 82.1 g/mol. The maximum absolute atomic E-state index is 5.29. The molecule has 0 N–H and O–H groups in total. The summed E-state index contributed by atoms with van der Waals surface area (Å²) in [7, 11) is 0. The number of allylic oxidation sites excluding steroid dienone is 1. The normalized spacial score (nSPS) is 8.33. The second kappa shape index (κ2) is 2.95. The lowest BCUT2D eigenvalue weighted by Gasteiger charge is -1.86. The van der Waals surface area contributed by atoms with Gasteiger partial charge in [-0.15, -0.1) is 0 Å². The van der Waals surface area contributed by atoms with Crippen molar-refractivity contribution in [1.29, 1.82) is 0 Å². The third kappa shape index (κ3) is 3.74. The van der Waals surface area contributed by atoms with Crippen molar-refractivity contribution < 1.29 is 0 Å². The molecule has 0 aliphatic heterocycles. The maximum Gasteiger partial charge on any atom is -0.0291 e. The molecule has 0 heterocycles. The Morgan fingerprint density at radius 2 is 2.33 bits per heavy atom. The molecule has 0 aliphatic rings. The lowest BCUT2D eigenvalue weighted by molar-refractivity contribution is 1.11. The Morgan fingerprint density at radius 1 is 1.83 bits per heavy atom. The quantitative estimate of drug-likeness (QED) is 0.478. The van der Waals surface area contributed by atoms with Crippen molar-refractivity contribution in [2.45, 2.75) is 20.3 Å². The highest BCUT2D eigenvalue weighted by Crippen LogP contribution is 1.95. The molecule has 0 aromatic carbocycles. The van der Waals surface area contributed by atoms with Gasteiger partial charge in [0, 0.05) is 0 Å². The second-order valence-electron chi connectivity index (χ2n) is 1.46. The minimum atomic E-state index is 0.944.